The van der Waals surface area contributed by atoms with Crippen LogP contribution < -0.4 is 11.5 Å². The number of primary amides is 2. The molecule has 0 aromatic heterocycles. The molecule has 0 aromatic carbocycles. The van der Waals surface area contributed by atoms with Gasteiger partial charge < -0.3 is 39.6 Å². The van der Waals surface area contributed by atoms with Gasteiger partial charge in [0, 0.05) is 18.8 Å². The van der Waals surface area contributed by atoms with Crippen molar-refractivity contribution in [3.05, 3.63) is 36.0 Å². The Morgan fingerprint density at radius 2 is 1.76 bits per heavy atom. The molecule has 1 saturated heterocycles. The average Bonchev–Trinajstić information content (AvgIpc) is 3.75. The molecule has 0 bridgehead atoms. The third kappa shape index (κ3) is 13.7. The van der Waals surface area contributed by atoms with Gasteiger partial charge in [0.15, 0.2) is 20.0 Å². The van der Waals surface area contributed by atoms with E-state index in [2.05, 4.69) is 46.9 Å². The number of carbonyl (C=O) groups excluding carboxylic acids is 4. The predicted octanol–water partition coefficient (Wildman–Crippen LogP) is 7.26. The van der Waals surface area contributed by atoms with Crippen molar-refractivity contribution >= 4 is 32.4 Å². The van der Waals surface area contributed by atoms with E-state index in [1.54, 1.807) is 19.1 Å². The fourth-order valence-electron chi connectivity index (χ4n) is 6.31. The zero-order valence-corrected chi connectivity index (χ0v) is 33.9. The van der Waals surface area contributed by atoms with Crippen LogP contribution in [0.1, 0.15) is 101 Å². The lowest BCUT2D eigenvalue weighted by Gasteiger charge is -2.41. The summed E-state index contributed by atoms with van der Waals surface area (Å²) in [6.45, 7) is 23.4. The third-order valence-electron chi connectivity index (χ3n) is 10.4. The first-order valence-electron chi connectivity index (χ1n) is 18.2. The molecule has 51 heavy (non-hydrogen) atoms. The lowest BCUT2D eigenvalue weighted by molar-refractivity contribution is -0.157. The Morgan fingerprint density at radius 3 is 2.31 bits per heavy atom. The highest BCUT2D eigenvalue weighted by atomic mass is 28.4. The summed E-state index contributed by atoms with van der Waals surface area (Å²) in [5.41, 5.74) is 10.2. The molecule has 2 rings (SSSR count). The highest BCUT2D eigenvalue weighted by molar-refractivity contribution is 6.74. The summed E-state index contributed by atoms with van der Waals surface area (Å²) < 4.78 is 35.4. The minimum Gasteiger partial charge on any atom is -0.457 e. The van der Waals surface area contributed by atoms with Crippen LogP contribution in [-0.4, -0.2) is 74.7 Å². The van der Waals surface area contributed by atoms with Gasteiger partial charge in [0.1, 0.15) is 12.2 Å². The Morgan fingerprint density at radius 1 is 1.12 bits per heavy atom. The van der Waals surface area contributed by atoms with Gasteiger partial charge in [-0.3, -0.25) is 9.59 Å². The maximum atomic E-state index is 13.6. The van der Waals surface area contributed by atoms with Crippen molar-refractivity contribution in [1.29, 1.82) is 0 Å². The van der Waals surface area contributed by atoms with E-state index in [9.17, 15) is 19.2 Å². The van der Waals surface area contributed by atoms with Crippen molar-refractivity contribution < 1.29 is 47.3 Å². The molecular weight excluding hydrogens is 673 g/mol. The molecular formula is C38H64N2O10Si. The standard InChI is InChI=1S/C38H64N2O10Si/c1-13-29(47-35(39)43)26(5)34-30(46-34)21-23(2)15-14-16-24(3)33-25(4)17-18-31(45-27(6)41)38(10,49-36(40)44)20-19-28(22-32(42)48-33)50-51(11,12)37(7,8)9/h14-18,23,25-26,28-31,33-34H,13,19-22H2,1-12H3,(H2,39,43)(H2,40,44)/b15-14+,18-17+,24-16+. The van der Waals surface area contributed by atoms with Crippen LogP contribution in [0.4, 0.5) is 9.59 Å². The van der Waals surface area contributed by atoms with Crippen LogP contribution in [0.2, 0.25) is 18.1 Å². The first kappa shape index (κ1) is 44.0. The number of hydrogen-bond acceptors (Lipinski definition) is 10. The number of allylic oxidation sites excluding steroid dienone is 3. The van der Waals surface area contributed by atoms with E-state index >= 15 is 0 Å². The average molecular weight is 737 g/mol. The largest absolute Gasteiger partial charge is 0.457 e. The molecule has 10 unspecified atom stereocenters. The van der Waals surface area contributed by atoms with Gasteiger partial charge in [-0.25, -0.2) is 9.59 Å². The number of esters is 2. The van der Waals surface area contributed by atoms with Gasteiger partial charge in [-0.2, -0.15) is 0 Å². The maximum Gasteiger partial charge on any atom is 0.405 e. The number of ether oxygens (including phenoxy) is 5. The molecule has 0 saturated carbocycles. The van der Waals surface area contributed by atoms with Gasteiger partial charge in [-0.1, -0.05) is 72.8 Å². The molecule has 10 atom stereocenters. The van der Waals surface area contributed by atoms with Crippen LogP contribution in [0, 0.1) is 17.8 Å². The molecule has 2 heterocycles. The highest BCUT2D eigenvalue weighted by Crippen LogP contribution is 2.40. The normalized spacial score (nSPS) is 30.5. The monoisotopic (exact) mass is 736 g/mol. The van der Waals surface area contributed by atoms with Crippen LogP contribution in [0.3, 0.4) is 0 Å². The minimum absolute atomic E-state index is 0.00109. The van der Waals surface area contributed by atoms with Gasteiger partial charge in [0.2, 0.25) is 0 Å². The number of rotatable bonds is 13. The van der Waals surface area contributed by atoms with Gasteiger partial charge in [0.25, 0.3) is 0 Å². The van der Waals surface area contributed by atoms with Gasteiger partial charge in [0.05, 0.1) is 24.7 Å². The van der Waals surface area contributed by atoms with Crippen molar-refractivity contribution in [2.75, 3.05) is 0 Å². The van der Waals surface area contributed by atoms with E-state index in [4.69, 9.17) is 39.6 Å². The summed E-state index contributed by atoms with van der Waals surface area (Å²) >= 11 is 0. The summed E-state index contributed by atoms with van der Waals surface area (Å²) in [6.07, 6.45) is 7.30. The van der Waals surface area contributed by atoms with Crippen LogP contribution in [0.25, 0.3) is 0 Å². The molecule has 290 valence electrons. The summed E-state index contributed by atoms with van der Waals surface area (Å²) in [5.74, 6) is -1.07. The van der Waals surface area contributed by atoms with Gasteiger partial charge in [-0.15, -0.1) is 0 Å². The molecule has 2 aliphatic rings. The number of carbonyl (C=O) groups is 4. The summed E-state index contributed by atoms with van der Waals surface area (Å²) in [6, 6.07) is 0. The lowest BCUT2D eigenvalue weighted by Crippen LogP contribution is -2.48. The number of hydrogen-bond donors (Lipinski definition) is 2. The third-order valence-corrected chi connectivity index (χ3v) is 15.0. The number of amides is 2. The Hall–Kier alpha value is -3.16. The van der Waals surface area contributed by atoms with Gasteiger partial charge >= 0.3 is 24.1 Å². The van der Waals surface area contributed by atoms with Crippen LogP contribution in [-0.2, 0) is 37.7 Å². The van der Waals surface area contributed by atoms with Crippen LogP contribution >= 0.6 is 0 Å². The topological polar surface area (TPSA) is 179 Å². The fourth-order valence-corrected chi connectivity index (χ4v) is 7.70. The summed E-state index contributed by atoms with van der Waals surface area (Å²) in [7, 11) is -2.34. The van der Waals surface area contributed by atoms with E-state index < -0.39 is 56.4 Å². The SMILES string of the molecule is CCC(OC(N)=O)C(C)C1OC1CC(C)/C=C/C=C(\C)C1OC(=O)CC(O[Si](C)(C)C(C)(C)C)CCC(C)(OC(N)=O)C(OC(C)=O)/C=C/C1C. The summed E-state index contributed by atoms with van der Waals surface area (Å²) in [5, 5.41) is -0.126. The van der Waals surface area contributed by atoms with Crippen molar-refractivity contribution in [3.63, 3.8) is 0 Å². The Bertz CT molecular complexity index is 1310. The second kappa shape index (κ2) is 18.5. The molecule has 2 amide bonds. The molecule has 12 nitrogen and oxygen atoms in total. The van der Waals surface area contributed by atoms with Crippen molar-refractivity contribution in [3.8, 4) is 0 Å². The fraction of sp³-hybridized carbons (Fsp3) is 0.737. The molecule has 0 aliphatic carbocycles. The van der Waals surface area contributed by atoms with E-state index in [1.165, 1.54) is 6.92 Å². The number of epoxide rings is 1. The second-order valence-corrected chi connectivity index (χ2v) is 20.8. The maximum absolute atomic E-state index is 13.6. The molecule has 13 heteroatoms. The molecule has 0 spiro atoms. The molecule has 0 aromatic rings. The molecule has 2 aliphatic heterocycles. The van der Waals surface area contributed by atoms with Crippen molar-refractivity contribution in [2.24, 2.45) is 29.2 Å². The Balaban J connectivity index is 2.35. The Kier molecular flexibility index (Phi) is 16.0. The summed E-state index contributed by atoms with van der Waals surface area (Å²) in [4.78, 5) is 49.2. The van der Waals surface area contributed by atoms with E-state index in [0.29, 0.717) is 12.8 Å². The predicted molar refractivity (Wildman–Crippen MR) is 198 cm³/mol. The second-order valence-electron chi connectivity index (χ2n) is 16.1. The van der Waals surface area contributed by atoms with Crippen molar-refractivity contribution in [2.45, 2.75) is 162 Å². The minimum atomic E-state index is -2.34. The quantitative estimate of drug-likeness (QED) is 0.0488. The number of nitrogens with two attached hydrogens (primary N) is 2. The molecule has 0 radical (unpaired) electrons. The molecule has 1 fully saturated rings. The van der Waals surface area contributed by atoms with Crippen molar-refractivity contribution in [1.82, 2.24) is 0 Å². The van der Waals surface area contributed by atoms with Crippen LogP contribution in [0.15, 0.2) is 36.0 Å². The van der Waals surface area contributed by atoms with E-state index in [1.807, 2.05) is 39.8 Å². The van der Waals surface area contributed by atoms with Gasteiger partial charge in [-0.05, 0) is 75.2 Å². The highest BCUT2D eigenvalue weighted by Gasteiger charge is 2.46. The smallest absolute Gasteiger partial charge is 0.405 e. The zero-order chi connectivity index (χ0) is 38.9. The Labute approximate surface area is 306 Å². The lowest BCUT2D eigenvalue weighted by atomic mass is 9.88. The first-order chi connectivity index (χ1) is 23.5. The molecule has 4 N–H and O–H groups in total. The van der Waals surface area contributed by atoms with E-state index in [0.717, 1.165) is 12.0 Å². The number of cyclic esters (lactones) is 1. The first-order valence-corrected chi connectivity index (χ1v) is 21.1. The zero-order valence-electron chi connectivity index (χ0n) is 32.9. The van der Waals surface area contributed by atoms with Crippen LogP contribution in [0.5, 0.6) is 0 Å². The van der Waals surface area contributed by atoms with E-state index in [-0.39, 0.29) is 53.9 Å².